The number of hydrogen-bond acceptors (Lipinski definition) is 3. The zero-order valence-corrected chi connectivity index (χ0v) is 14.0. The highest BCUT2D eigenvalue weighted by molar-refractivity contribution is 5.92. The molecule has 24 heavy (non-hydrogen) atoms. The van der Waals surface area contributed by atoms with Gasteiger partial charge in [-0.15, -0.1) is 0 Å². The molecule has 2 heterocycles. The second kappa shape index (κ2) is 6.77. The summed E-state index contributed by atoms with van der Waals surface area (Å²) in [6.45, 7) is 3.62. The Bertz CT molecular complexity index is 682. The smallest absolute Gasteiger partial charge is 0.274 e. The molecule has 1 aromatic carbocycles. The number of hydrogen-bond donors (Lipinski definition) is 0. The number of amides is 1. The van der Waals surface area contributed by atoms with Crippen molar-refractivity contribution in [3.63, 3.8) is 0 Å². The molecule has 5 heteroatoms. The minimum atomic E-state index is 0.0516. The fraction of sp³-hybridized carbons (Fsp3) is 0.474. The summed E-state index contributed by atoms with van der Waals surface area (Å²) in [5.41, 5.74) is 1.51. The molecule has 0 spiro atoms. The quantitative estimate of drug-likeness (QED) is 0.871. The summed E-state index contributed by atoms with van der Waals surface area (Å²) >= 11 is 0. The normalized spacial score (nSPS) is 19.8. The minimum Gasteiger partial charge on any atom is -0.335 e. The van der Waals surface area contributed by atoms with Gasteiger partial charge in [0.2, 0.25) is 0 Å². The van der Waals surface area contributed by atoms with Crippen LogP contribution in [0.2, 0.25) is 0 Å². The lowest BCUT2D eigenvalue weighted by Gasteiger charge is -2.37. The SMILES string of the molecule is O=C(c1ccn(-c2ccccc2)n1)N1CCN(C2CCCC2)CC1. The van der Waals surface area contributed by atoms with Crippen LogP contribution in [0.3, 0.4) is 0 Å². The lowest BCUT2D eigenvalue weighted by atomic mass is 10.1. The van der Waals surface area contributed by atoms with E-state index in [9.17, 15) is 4.79 Å². The Hall–Kier alpha value is -2.14. The molecule has 126 valence electrons. The molecule has 1 aliphatic heterocycles. The molecule has 0 N–H and O–H groups in total. The number of piperazine rings is 1. The monoisotopic (exact) mass is 324 g/mol. The highest BCUT2D eigenvalue weighted by Gasteiger charge is 2.28. The van der Waals surface area contributed by atoms with Crippen LogP contribution in [0.4, 0.5) is 0 Å². The number of carbonyl (C=O) groups excluding carboxylic acids is 1. The summed E-state index contributed by atoms with van der Waals surface area (Å²) in [4.78, 5) is 17.2. The van der Waals surface area contributed by atoms with E-state index >= 15 is 0 Å². The first-order chi connectivity index (χ1) is 11.8. The molecule has 1 aliphatic carbocycles. The highest BCUT2D eigenvalue weighted by atomic mass is 16.2. The van der Waals surface area contributed by atoms with Crippen molar-refractivity contribution in [3.8, 4) is 5.69 Å². The van der Waals surface area contributed by atoms with E-state index < -0.39 is 0 Å². The van der Waals surface area contributed by atoms with Crippen LogP contribution in [0.1, 0.15) is 36.2 Å². The summed E-state index contributed by atoms with van der Waals surface area (Å²) < 4.78 is 1.77. The van der Waals surface area contributed by atoms with Gasteiger partial charge >= 0.3 is 0 Å². The molecule has 1 aromatic heterocycles. The summed E-state index contributed by atoms with van der Waals surface area (Å²) in [7, 11) is 0. The highest BCUT2D eigenvalue weighted by Crippen LogP contribution is 2.24. The molecule has 0 atom stereocenters. The molecule has 2 aliphatic rings. The van der Waals surface area contributed by atoms with Gasteiger partial charge < -0.3 is 4.90 Å². The van der Waals surface area contributed by atoms with E-state index in [2.05, 4.69) is 10.00 Å². The topological polar surface area (TPSA) is 41.4 Å². The van der Waals surface area contributed by atoms with Crippen molar-refractivity contribution in [3.05, 3.63) is 48.3 Å². The number of nitrogens with zero attached hydrogens (tertiary/aromatic N) is 4. The molecule has 1 saturated carbocycles. The maximum atomic E-state index is 12.7. The van der Waals surface area contributed by atoms with E-state index in [0.717, 1.165) is 37.9 Å². The Balaban J connectivity index is 1.39. The van der Waals surface area contributed by atoms with Crippen LogP contribution in [0, 0.1) is 0 Å². The predicted octanol–water partition coefficient (Wildman–Crippen LogP) is 2.57. The maximum absolute atomic E-state index is 12.7. The van der Waals surface area contributed by atoms with Crippen molar-refractivity contribution in [1.29, 1.82) is 0 Å². The van der Waals surface area contributed by atoms with Crippen LogP contribution < -0.4 is 0 Å². The molecular formula is C19H24N4O. The second-order valence-electron chi connectivity index (χ2n) is 6.75. The van der Waals surface area contributed by atoms with Gasteiger partial charge in [0.05, 0.1) is 5.69 Å². The molecule has 0 unspecified atom stereocenters. The van der Waals surface area contributed by atoms with E-state index in [1.54, 1.807) is 4.68 Å². The van der Waals surface area contributed by atoms with Crippen LogP contribution in [-0.2, 0) is 0 Å². The third-order valence-corrected chi connectivity index (χ3v) is 5.27. The van der Waals surface area contributed by atoms with E-state index in [1.807, 2.05) is 47.5 Å². The van der Waals surface area contributed by atoms with Gasteiger partial charge in [-0.25, -0.2) is 4.68 Å². The Kier molecular flexibility index (Phi) is 4.34. The summed E-state index contributed by atoms with van der Waals surface area (Å²) in [5, 5.41) is 4.46. The largest absolute Gasteiger partial charge is 0.335 e. The van der Waals surface area contributed by atoms with Gasteiger partial charge in [-0.3, -0.25) is 9.69 Å². The van der Waals surface area contributed by atoms with Crippen molar-refractivity contribution in [2.75, 3.05) is 26.2 Å². The molecule has 1 amide bonds. The molecule has 0 bridgehead atoms. The Morgan fingerprint density at radius 3 is 2.38 bits per heavy atom. The van der Waals surface area contributed by atoms with Crippen molar-refractivity contribution < 1.29 is 4.79 Å². The van der Waals surface area contributed by atoms with Crippen LogP contribution in [0.25, 0.3) is 5.69 Å². The fourth-order valence-electron chi connectivity index (χ4n) is 3.88. The third-order valence-electron chi connectivity index (χ3n) is 5.27. The Labute approximate surface area is 142 Å². The van der Waals surface area contributed by atoms with Gasteiger partial charge in [-0.1, -0.05) is 31.0 Å². The minimum absolute atomic E-state index is 0.0516. The molecule has 0 radical (unpaired) electrons. The first-order valence-corrected chi connectivity index (χ1v) is 8.96. The summed E-state index contributed by atoms with van der Waals surface area (Å²) in [5.74, 6) is 0.0516. The van der Waals surface area contributed by atoms with Crippen molar-refractivity contribution >= 4 is 5.91 Å². The van der Waals surface area contributed by atoms with E-state index in [0.29, 0.717) is 5.69 Å². The molecule has 2 aromatic rings. The fourth-order valence-corrected chi connectivity index (χ4v) is 3.88. The molecule has 5 nitrogen and oxygen atoms in total. The number of para-hydroxylation sites is 1. The average Bonchev–Trinajstić information content (AvgIpc) is 3.34. The molecule has 1 saturated heterocycles. The molecule has 4 rings (SSSR count). The first-order valence-electron chi connectivity index (χ1n) is 8.96. The third kappa shape index (κ3) is 3.08. The standard InChI is InChI=1S/C19H24N4O/c24-19(18-10-11-23(20-18)17-8-2-1-3-9-17)22-14-12-21(13-15-22)16-6-4-5-7-16/h1-3,8-11,16H,4-7,12-15H2. The van der Waals surface area contributed by atoms with Gasteiger partial charge in [0.1, 0.15) is 0 Å². The molecular weight excluding hydrogens is 300 g/mol. The number of rotatable bonds is 3. The Morgan fingerprint density at radius 2 is 1.67 bits per heavy atom. The van der Waals surface area contributed by atoms with Gasteiger partial charge in [0.15, 0.2) is 5.69 Å². The second-order valence-corrected chi connectivity index (χ2v) is 6.75. The molecule has 2 fully saturated rings. The van der Waals surface area contributed by atoms with Crippen molar-refractivity contribution in [2.45, 2.75) is 31.7 Å². The van der Waals surface area contributed by atoms with Crippen LogP contribution >= 0.6 is 0 Å². The Morgan fingerprint density at radius 1 is 0.958 bits per heavy atom. The van der Waals surface area contributed by atoms with Crippen LogP contribution in [0.15, 0.2) is 42.6 Å². The van der Waals surface area contributed by atoms with Gasteiger partial charge in [-0.05, 0) is 31.0 Å². The summed E-state index contributed by atoms with van der Waals surface area (Å²) in [6, 6.07) is 12.5. The number of benzene rings is 1. The van der Waals surface area contributed by atoms with Gasteiger partial charge in [-0.2, -0.15) is 5.10 Å². The summed E-state index contributed by atoms with van der Waals surface area (Å²) in [6.07, 6.45) is 7.24. The lowest BCUT2D eigenvalue weighted by molar-refractivity contribution is 0.0567. The van der Waals surface area contributed by atoms with E-state index in [4.69, 9.17) is 0 Å². The van der Waals surface area contributed by atoms with E-state index in [1.165, 1.54) is 25.7 Å². The predicted molar refractivity (Wildman–Crippen MR) is 93.3 cm³/mol. The van der Waals surface area contributed by atoms with E-state index in [-0.39, 0.29) is 5.91 Å². The first kappa shape index (κ1) is 15.4. The maximum Gasteiger partial charge on any atom is 0.274 e. The average molecular weight is 324 g/mol. The number of carbonyl (C=O) groups is 1. The van der Waals surface area contributed by atoms with Crippen molar-refractivity contribution in [1.82, 2.24) is 19.6 Å². The van der Waals surface area contributed by atoms with Gasteiger partial charge in [0, 0.05) is 38.4 Å². The zero-order valence-electron chi connectivity index (χ0n) is 14.0. The van der Waals surface area contributed by atoms with Crippen LogP contribution in [-0.4, -0.2) is 57.7 Å². The van der Waals surface area contributed by atoms with Crippen molar-refractivity contribution in [2.24, 2.45) is 0 Å². The van der Waals surface area contributed by atoms with Crippen LogP contribution in [0.5, 0.6) is 0 Å². The zero-order chi connectivity index (χ0) is 16.4. The number of aromatic nitrogens is 2. The lowest BCUT2D eigenvalue weighted by Crippen LogP contribution is -2.51. The van der Waals surface area contributed by atoms with Gasteiger partial charge in [0.25, 0.3) is 5.91 Å².